The molecule has 18 heavy (non-hydrogen) atoms. The van der Waals surface area contributed by atoms with Crippen molar-refractivity contribution in [3.05, 3.63) is 53.9 Å². The molecule has 0 aliphatic rings. The van der Waals surface area contributed by atoms with Gasteiger partial charge in [-0.1, -0.05) is 24.3 Å². The third-order valence-electron chi connectivity index (χ3n) is 2.43. The summed E-state index contributed by atoms with van der Waals surface area (Å²) >= 11 is 0. The molecule has 0 amide bonds. The standard InChI is InChI=1S/C13H8F3NO/c14-13(15,16)12-7-11(5-6-17-12)10-3-1-9(8-18)2-4-10/h1-8H. The lowest BCUT2D eigenvalue weighted by molar-refractivity contribution is -0.141. The molecule has 0 radical (unpaired) electrons. The van der Waals surface area contributed by atoms with Crippen molar-refractivity contribution in [3.63, 3.8) is 0 Å². The molecule has 1 heterocycles. The first kappa shape index (κ1) is 12.3. The highest BCUT2D eigenvalue weighted by atomic mass is 19.4. The molecule has 92 valence electrons. The average Bonchev–Trinajstić information content (AvgIpc) is 2.38. The van der Waals surface area contributed by atoms with Crippen LogP contribution in [0.4, 0.5) is 13.2 Å². The lowest BCUT2D eigenvalue weighted by atomic mass is 10.0. The molecule has 0 bridgehead atoms. The van der Waals surface area contributed by atoms with Crippen LogP contribution in [0.15, 0.2) is 42.6 Å². The average molecular weight is 251 g/mol. The van der Waals surface area contributed by atoms with Gasteiger partial charge in [0.25, 0.3) is 0 Å². The quantitative estimate of drug-likeness (QED) is 0.763. The van der Waals surface area contributed by atoms with Gasteiger partial charge in [-0.25, -0.2) is 0 Å². The van der Waals surface area contributed by atoms with Crippen molar-refractivity contribution < 1.29 is 18.0 Å². The summed E-state index contributed by atoms with van der Waals surface area (Å²) in [7, 11) is 0. The van der Waals surface area contributed by atoms with E-state index >= 15 is 0 Å². The first-order valence-corrected chi connectivity index (χ1v) is 5.09. The Morgan fingerprint density at radius 2 is 1.67 bits per heavy atom. The van der Waals surface area contributed by atoms with Gasteiger partial charge >= 0.3 is 6.18 Å². The van der Waals surface area contributed by atoms with E-state index in [1.807, 2.05) is 0 Å². The van der Waals surface area contributed by atoms with Gasteiger partial charge in [-0.2, -0.15) is 13.2 Å². The van der Waals surface area contributed by atoms with Crippen LogP contribution in [0.3, 0.4) is 0 Å². The third kappa shape index (κ3) is 2.56. The number of aldehydes is 1. The first-order valence-electron chi connectivity index (χ1n) is 5.09. The second-order valence-electron chi connectivity index (χ2n) is 3.67. The molecule has 0 fully saturated rings. The van der Waals surface area contributed by atoms with Crippen LogP contribution < -0.4 is 0 Å². The van der Waals surface area contributed by atoms with Crippen LogP contribution in [0.2, 0.25) is 0 Å². The summed E-state index contributed by atoms with van der Waals surface area (Å²) in [5.41, 5.74) is 0.562. The topological polar surface area (TPSA) is 30.0 Å². The van der Waals surface area contributed by atoms with Crippen molar-refractivity contribution in [1.29, 1.82) is 0 Å². The first-order chi connectivity index (χ1) is 8.50. The Labute approximate surface area is 101 Å². The van der Waals surface area contributed by atoms with Gasteiger partial charge in [0, 0.05) is 11.8 Å². The molecular weight excluding hydrogens is 243 g/mol. The predicted molar refractivity (Wildman–Crippen MR) is 60.1 cm³/mol. The van der Waals surface area contributed by atoms with E-state index in [1.54, 1.807) is 24.3 Å². The smallest absolute Gasteiger partial charge is 0.298 e. The highest BCUT2D eigenvalue weighted by molar-refractivity contribution is 5.76. The molecule has 0 spiro atoms. The van der Waals surface area contributed by atoms with Gasteiger partial charge in [-0.15, -0.1) is 0 Å². The molecule has 0 aliphatic heterocycles. The Morgan fingerprint density at radius 3 is 2.22 bits per heavy atom. The van der Waals surface area contributed by atoms with Gasteiger partial charge < -0.3 is 0 Å². The van der Waals surface area contributed by atoms with Crippen LogP contribution in [0.25, 0.3) is 11.1 Å². The summed E-state index contributed by atoms with van der Waals surface area (Å²) < 4.78 is 37.5. The van der Waals surface area contributed by atoms with Gasteiger partial charge in [0.2, 0.25) is 0 Å². The van der Waals surface area contributed by atoms with Crippen LogP contribution in [0, 0.1) is 0 Å². The zero-order valence-electron chi connectivity index (χ0n) is 9.11. The van der Waals surface area contributed by atoms with Crippen LogP contribution in [0.5, 0.6) is 0 Å². The number of carbonyl (C=O) groups is 1. The molecule has 2 rings (SSSR count). The molecule has 0 saturated carbocycles. The van der Waals surface area contributed by atoms with E-state index < -0.39 is 11.9 Å². The molecule has 0 aliphatic carbocycles. The number of hydrogen-bond acceptors (Lipinski definition) is 2. The number of alkyl halides is 3. The number of benzene rings is 1. The van der Waals surface area contributed by atoms with Gasteiger partial charge in [0.1, 0.15) is 12.0 Å². The molecule has 2 aromatic rings. The van der Waals surface area contributed by atoms with Crippen molar-refractivity contribution >= 4 is 6.29 Å². The van der Waals surface area contributed by atoms with Gasteiger partial charge in [0.15, 0.2) is 0 Å². The van der Waals surface area contributed by atoms with Crippen molar-refractivity contribution in [3.8, 4) is 11.1 Å². The molecular formula is C13H8F3NO. The molecule has 1 aromatic carbocycles. The van der Waals surface area contributed by atoms with Gasteiger partial charge in [-0.05, 0) is 23.3 Å². The maximum absolute atomic E-state index is 12.5. The second-order valence-corrected chi connectivity index (χ2v) is 3.67. The van der Waals surface area contributed by atoms with Crippen LogP contribution in [-0.4, -0.2) is 11.3 Å². The normalized spacial score (nSPS) is 11.3. The summed E-state index contributed by atoms with van der Waals surface area (Å²) in [6.45, 7) is 0. The van der Waals surface area contributed by atoms with E-state index in [9.17, 15) is 18.0 Å². The fourth-order valence-corrected chi connectivity index (χ4v) is 1.52. The zero-order chi connectivity index (χ0) is 13.2. The van der Waals surface area contributed by atoms with Crippen molar-refractivity contribution in [2.45, 2.75) is 6.18 Å². The summed E-state index contributed by atoms with van der Waals surface area (Å²) in [5.74, 6) is 0. The van der Waals surface area contributed by atoms with Crippen LogP contribution >= 0.6 is 0 Å². The lowest BCUT2D eigenvalue weighted by Crippen LogP contribution is -2.07. The van der Waals surface area contributed by atoms with E-state index in [4.69, 9.17) is 0 Å². The number of hydrogen-bond donors (Lipinski definition) is 0. The zero-order valence-corrected chi connectivity index (χ0v) is 9.11. The number of nitrogens with zero attached hydrogens (tertiary/aromatic N) is 1. The van der Waals surface area contributed by atoms with E-state index in [-0.39, 0.29) is 0 Å². The second kappa shape index (κ2) is 4.60. The molecule has 1 aromatic heterocycles. The molecule has 0 unspecified atom stereocenters. The number of halogens is 3. The molecule has 2 nitrogen and oxygen atoms in total. The summed E-state index contributed by atoms with van der Waals surface area (Å²) in [6, 6.07) is 8.77. The SMILES string of the molecule is O=Cc1ccc(-c2ccnc(C(F)(F)F)c2)cc1. The van der Waals surface area contributed by atoms with Crippen molar-refractivity contribution in [2.75, 3.05) is 0 Å². The molecule has 0 N–H and O–H groups in total. The summed E-state index contributed by atoms with van der Waals surface area (Å²) in [4.78, 5) is 13.8. The van der Waals surface area contributed by atoms with Gasteiger partial charge in [-0.3, -0.25) is 9.78 Å². The van der Waals surface area contributed by atoms with E-state index in [2.05, 4.69) is 4.98 Å². The van der Waals surface area contributed by atoms with E-state index in [1.165, 1.54) is 6.07 Å². The highest BCUT2D eigenvalue weighted by Gasteiger charge is 2.32. The fraction of sp³-hybridized carbons (Fsp3) is 0.0769. The van der Waals surface area contributed by atoms with Crippen LogP contribution in [-0.2, 0) is 6.18 Å². The maximum Gasteiger partial charge on any atom is 0.433 e. The number of carbonyl (C=O) groups excluding carboxylic acids is 1. The molecule has 0 saturated heterocycles. The lowest BCUT2D eigenvalue weighted by Gasteiger charge is -2.07. The summed E-state index contributed by atoms with van der Waals surface area (Å²) in [6.07, 6.45) is -2.66. The minimum absolute atomic E-state index is 0.412. The Morgan fingerprint density at radius 1 is 1.00 bits per heavy atom. The highest BCUT2D eigenvalue weighted by Crippen LogP contribution is 2.30. The Kier molecular flexibility index (Phi) is 3.14. The van der Waals surface area contributed by atoms with Crippen molar-refractivity contribution in [1.82, 2.24) is 4.98 Å². The Hall–Kier alpha value is -2.17. The molecule has 5 heteroatoms. The number of aromatic nitrogens is 1. The third-order valence-corrected chi connectivity index (χ3v) is 2.43. The predicted octanol–water partition coefficient (Wildman–Crippen LogP) is 3.58. The van der Waals surface area contributed by atoms with E-state index in [0.717, 1.165) is 12.3 Å². The van der Waals surface area contributed by atoms with Crippen molar-refractivity contribution in [2.24, 2.45) is 0 Å². The summed E-state index contributed by atoms with van der Waals surface area (Å²) in [5, 5.41) is 0. The van der Waals surface area contributed by atoms with E-state index in [0.29, 0.717) is 23.0 Å². The largest absolute Gasteiger partial charge is 0.433 e. The monoisotopic (exact) mass is 251 g/mol. The Bertz CT molecular complexity index is 561. The fourth-order valence-electron chi connectivity index (χ4n) is 1.52. The van der Waals surface area contributed by atoms with Crippen LogP contribution in [0.1, 0.15) is 16.1 Å². The Balaban J connectivity index is 2.41. The number of pyridine rings is 1. The minimum atomic E-state index is -4.46. The molecule has 0 atom stereocenters. The van der Waals surface area contributed by atoms with Gasteiger partial charge in [0.05, 0.1) is 0 Å². The number of rotatable bonds is 2. The minimum Gasteiger partial charge on any atom is -0.298 e. The maximum atomic E-state index is 12.5.